The van der Waals surface area contributed by atoms with Gasteiger partial charge in [-0.3, -0.25) is 14.4 Å². The molecule has 0 atom stereocenters. The standard InChI is InChI=1S/C19H18N4O3/c1-3-23-19(26)16-10-5-4-9-15(16)17(22-23)18(25)21-14-8-6-7-13(11-14)20-12(2)24/h4-11H,3H2,1-2H3,(H,20,24)(H,21,25). The minimum absolute atomic E-state index is 0.173. The van der Waals surface area contributed by atoms with Crippen LogP contribution in [0.5, 0.6) is 0 Å². The molecule has 2 amide bonds. The Bertz CT molecular complexity index is 1060. The summed E-state index contributed by atoms with van der Waals surface area (Å²) >= 11 is 0. The van der Waals surface area contributed by atoms with Crippen LogP contribution in [0, 0.1) is 0 Å². The Morgan fingerprint density at radius 2 is 1.65 bits per heavy atom. The van der Waals surface area contributed by atoms with Crippen molar-refractivity contribution in [3.8, 4) is 0 Å². The van der Waals surface area contributed by atoms with E-state index in [1.165, 1.54) is 11.6 Å². The molecule has 0 saturated carbocycles. The molecule has 7 heteroatoms. The first-order valence-electron chi connectivity index (χ1n) is 8.18. The van der Waals surface area contributed by atoms with Gasteiger partial charge in [0, 0.05) is 30.2 Å². The van der Waals surface area contributed by atoms with E-state index in [4.69, 9.17) is 0 Å². The molecule has 0 aliphatic heterocycles. The topological polar surface area (TPSA) is 93.1 Å². The van der Waals surface area contributed by atoms with Crippen LogP contribution in [-0.2, 0) is 11.3 Å². The number of hydrogen-bond acceptors (Lipinski definition) is 4. The Morgan fingerprint density at radius 3 is 2.31 bits per heavy atom. The number of hydrogen-bond donors (Lipinski definition) is 2. The average molecular weight is 350 g/mol. The van der Waals surface area contributed by atoms with Crippen molar-refractivity contribution in [2.45, 2.75) is 20.4 Å². The number of benzene rings is 2. The van der Waals surface area contributed by atoms with E-state index in [2.05, 4.69) is 15.7 Å². The lowest BCUT2D eigenvalue weighted by Crippen LogP contribution is -2.27. The molecule has 0 spiro atoms. The zero-order valence-corrected chi connectivity index (χ0v) is 14.4. The Kier molecular flexibility index (Phi) is 4.79. The molecule has 0 aliphatic rings. The number of amides is 2. The summed E-state index contributed by atoms with van der Waals surface area (Å²) in [4.78, 5) is 36.3. The van der Waals surface area contributed by atoms with Crippen LogP contribution in [-0.4, -0.2) is 21.6 Å². The van der Waals surface area contributed by atoms with Gasteiger partial charge in [-0.1, -0.05) is 24.3 Å². The molecule has 0 bridgehead atoms. The Labute approximate surface area is 149 Å². The molecule has 0 saturated heterocycles. The van der Waals surface area contributed by atoms with E-state index in [-0.39, 0.29) is 17.2 Å². The highest BCUT2D eigenvalue weighted by molar-refractivity contribution is 6.11. The number of anilines is 2. The van der Waals surface area contributed by atoms with E-state index < -0.39 is 5.91 Å². The number of fused-ring (bicyclic) bond motifs is 1. The van der Waals surface area contributed by atoms with E-state index >= 15 is 0 Å². The van der Waals surface area contributed by atoms with Crippen molar-refractivity contribution in [1.29, 1.82) is 0 Å². The maximum absolute atomic E-state index is 12.8. The van der Waals surface area contributed by atoms with Crippen LogP contribution in [0.4, 0.5) is 11.4 Å². The van der Waals surface area contributed by atoms with Crippen molar-refractivity contribution in [1.82, 2.24) is 9.78 Å². The fraction of sp³-hybridized carbons (Fsp3) is 0.158. The summed E-state index contributed by atoms with van der Waals surface area (Å²) < 4.78 is 1.27. The van der Waals surface area contributed by atoms with Gasteiger partial charge < -0.3 is 10.6 Å². The van der Waals surface area contributed by atoms with Crippen molar-refractivity contribution in [2.24, 2.45) is 0 Å². The van der Waals surface area contributed by atoms with Crippen molar-refractivity contribution in [3.63, 3.8) is 0 Å². The van der Waals surface area contributed by atoms with Crippen LogP contribution in [0.1, 0.15) is 24.3 Å². The summed E-state index contributed by atoms with van der Waals surface area (Å²) in [6.45, 7) is 3.57. The van der Waals surface area contributed by atoms with Crippen molar-refractivity contribution in [3.05, 3.63) is 64.6 Å². The van der Waals surface area contributed by atoms with Crippen LogP contribution < -0.4 is 16.2 Å². The molecule has 3 rings (SSSR count). The Hall–Kier alpha value is -3.48. The molecule has 1 heterocycles. The number of carbonyl (C=O) groups is 2. The highest BCUT2D eigenvalue weighted by Crippen LogP contribution is 2.18. The quantitative estimate of drug-likeness (QED) is 0.756. The lowest BCUT2D eigenvalue weighted by Gasteiger charge is -2.11. The van der Waals surface area contributed by atoms with E-state index in [0.717, 1.165) is 0 Å². The van der Waals surface area contributed by atoms with E-state index in [9.17, 15) is 14.4 Å². The van der Waals surface area contributed by atoms with Gasteiger partial charge in [-0.25, -0.2) is 4.68 Å². The molecule has 0 radical (unpaired) electrons. The second-order valence-corrected chi connectivity index (χ2v) is 5.73. The summed E-state index contributed by atoms with van der Waals surface area (Å²) in [5, 5.41) is 10.6. The zero-order chi connectivity index (χ0) is 18.7. The summed E-state index contributed by atoms with van der Waals surface area (Å²) in [6, 6.07) is 13.7. The van der Waals surface area contributed by atoms with E-state index in [1.54, 1.807) is 55.5 Å². The predicted molar refractivity (Wildman–Crippen MR) is 100 cm³/mol. The van der Waals surface area contributed by atoms with Crippen LogP contribution in [0.3, 0.4) is 0 Å². The molecular weight excluding hydrogens is 332 g/mol. The summed E-state index contributed by atoms with van der Waals surface area (Å²) in [5.74, 6) is -0.625. The van der Waals surface area contributed by atoms with Crippen LogP contribution in [0.2, 0.25) is 0 Å². The average Bonchev–Trinajstić information content (AvgIpc) is 2.62. The third kappa shape index (κ3) is 3.46. The van der Waals surface area contributed by atoms with Gasteiger partial charge in [0.05, 0.1) is 5.39 Å². The second kappa shape index (κ2) is 7.18. The van der Waals surface area contributed by atoms with Crippen molar-refractivity contribution in [2.75, 3.05) is 10.6 Å². The smallest absolute Gasteiger partial charge is 0.276 e. The molecule has 3 aromatic rings. The molecule has 2 N–H and O–H groups in total. The highest BCUT2D eigenvalue weighted by Gasteiger charge is 2.16. The largest absolute Gasteiger partial charge is 0.326 e. The summed E-state index contributed by atoms with van der Waals surface area (Å²) in [6.07, 6.45) is 0. The van der Waals surface area contributed by atoms with Gasteiger partial charge in [0.25, 0.3) is 11.5 Å². The van der Waals surface area contributed by atoms with Crippen molar-refractivity contribution >= 4 is 34.0 Å². The molecule has 0 aliphatic carbocycles. The fourth-order valence-electron chi connectivity index (χ4n) is 2.69. The molecule has 26 heavy (non-hydrogen) atoms. The Balaban J connectivity index is 1.99. The van der Waals surface area contributed by atoms with Gasteiger partial charge in [0.2, 0.25) is 5.91 Å². The molecule has 1 aromatic heterocycles. The number of nitrogens with zero attached hydrogens (tertiary/aromatic N) is 2. The lowest BCUT2D eigenvalue weighted by molar-refractivity contribution is -0.114. The van der Waals surface area contributed by atoms with Gasteiger partial charge >= 0.3 is 0 Å². The summed E-state index contributed by atoms with van der Waals surface area (Å²) in [5.41, 5.74) is 1.03. The van der Waals surface area contributed by atoms with Gasteiger partial charge in [-0.05, 0) is 31.2 Å². The normalized spacial score (nSPS) is 10.5. The SMILES string of the molecule is CCn1nc(C(=O)Nc2cccc(NC(C)=O)c2)c2ccccc2c1=O. The molecule has 0 unspecified atom stereocenters. The second-order valence-electron chi connectivity index (χ2n) is 5.73. The minimum atomic E-state index is -0.427. The summed E-state index contributed by atoms with van der Waals surface area (Å²) in [7, 11) is 0. The monoisotopic (exact) mass is 350 g/mol. The van der Waals surface area contributed by atoms with Gasteiger partial charge in [-0.2, -0.15) is 5.10 Å². The maximum atomic E-state index is 12.8. The first-order chi connectivity index (χ1) is 12.5. The van der Waals surface area contributed by atoms with Gasteiger partial charge in [-0.15, -0.1) is 0 Å². The van der Waals surface area contributed by atoms with Crippen LogP contribution >= 0.6 is 0 Å². The van der Waals surface area contributed by atoms with Gasteiger partial charge in [0.1, 0.15) is 0 Å². The Morgan fingerprint density at radius 1 is 1.00 bits per heavy atom. The molecular formula is C19H18N4O3. The number of rotatable bonds is 4. The third-order valence-corrected chi connectivity index (χ3v) is 3.82. The van der Waals surface area contributed by atoms with Crippen molar-refractivity contribution < 1.29 is 9.59 Å². The molecule has 7 nitrogen and oxygen atoms in total. The molecule has 2 aromatic carbocycles. The fourth-order valence-corrected chi connectivity index (χ4v) is 2.69. The predicted octanol–water partition coefficient (Wildman–Crippen LogP) is 2.63. The number of nitrogens with one attached hydrogen (secondary N) is 2. The minimum Gasteiger partial charge on any atom is -0.326 e. The number of carbonyl (C=O) groups excluding carboxylic acids is 2. The lowest BCUT2D eigenvalue weighted by atomic mass is 10.1. The van der Waals surface area contributed by atoms with Gasteiger partial charge in [0.15, 0.2) is 5.69 Å². The first kappa shape index (κ1) is 17.3. The van der Waals surface area contributed by atoms with E-state index in [0.29, 0.717) is 28.7 Å². The maximum Gasteiger partial charge on any atom is 0.276 e. The van der Waals surface area contributed by atoms with Crippen LogP contribution in [0.15, 0.2) is 53.3 Å². The van der Waals surface area contributed by atoms with Crippen LogP contribution in [0.25, 0.3) is 10.8 Å². The van der Waals surface area contributed by atoms with E-state index in [1.807, 2.05) is 0 Å². The molecule has 132 valence electrons. The highest BCUT2D eigenvalue weighted by atomic mass is 16.2. The first-order valence-corrected chi connectivity index (χ1v) is 8.18. The third-order valence-electron chi connectivity index (χ3n) is 3.82. The number of aromatic nitrogens is 2. The number of aryl methyl sites for hydroxylation is 1. The zero-order valence-electron chi connectivity index (χ0n) is 14.4. The molecule has 0 fully saturated rings.